The van der Waals surface area contributed by atoms with E-state index in [9.17, 15) is 4.79 Å². The molecule has 1 N–H and O–H groups in total. The number of carbonyl (C=O) groups is 1. The molecule has 0 aromatic heterocycles. The third-order valence-corrected chi connectivity index (χ3v) is 8.89. The van der Waals surface area contributed by atoms with E-state index in [0.717, 1.165) is 45.5 Å². The van der Waals surface area contributed by atoms with Gasteiger partial charge in [0, 0.05) is 17.9 Å². The average molecular weight is 383 g/mol. The maximum atomic E-state index is 12.9. The zero-order chi connectivity index (χ0) is 18.9. The van der Waals surface area contributed by atoms with Gasteiger partial charge in [-0.3, -0.25) is 4.79 Å². The Hall–Kier alpha value is -1.39. The van der Waals surface area contributed by atoms with E-state index in [4.69, 9.17) is 9.47 Å². The molecule has 1 aromatic rings. The molecule has 4 fully saturated rings. The molecule has 6 rings (SSSR count). The highest BCUT2D eigenvalue weighted by Gasteiger charge is 2.65. The molecule has 3 heterocycles. The number of quaternary nitrogens is 1. The standard InChI is InChI=1S/C24H31NO3/c1-23-8-4-9-24(15-27-24)21(23)11-18-19(22(26)28-20(18)12-23)14-25-10-7-16-5-2-3-6-17(16)13-25/h2-3,5-6,18-21H,4,7-15H2,1H3/p+1/t18-,19+,20-,21-,23-,24+/m1/s1. The zero-order valence-corrected chi connectivity index (χ0v) is 16.9. The number of benzene rings is 1. The molecule has 1 unspecified atom stereocenters. The van der Waals surface area contributed by atoms with Crippen LogP contribution < -0.4 is 4.90 Å². The van der Waals surface area contributed by atoms with Crippen LogP contribution in [0.25, 0.3) is 0 Å². The number of epoxide rings is 1. The van der Waals surface area contributed by atoms with Gasteiger partial charge in [0.25, 0.3) is 0 Å². The van der Waals surface area contributed by atoms with Crippen molar-refractivity contribution < 1.29 is 19.2 Å². The molecule has 1 spiro atoms. The van der Waals surface area contributed by atoms with Crippen molar-refractivity contribution in [3.8, 4) is 0 Å². The highest BCUT2D eigenvalue weighted by atomic mass is 16.6. The van der Waals surface area contributed by atoms with Crippen LogP contribution in [-0.4, -0.2) is 37.4 Å². The SMILES string of the molecule is C[C@]12CCC[C@]3(CO3)[C@@H]1C[C@@H]1[C@H](C[NH+]3CCc4ccccc4C3)C(=O)O[C@@H]1C2. The van der Waals surface area contributed by atoms with Crippen LogP contribution in [0.2, 0.25) is 0 Å². The van der Waals surface area contributed by atoms with Crippen LogP contribution in [0, 0.1) is 23.2 Å². The normalized spacial score (nSPS) is 46.5. The summed E-state index contributed by atoms with van der Waals surface area (Å²) in [5.74, 6) is 1.17. The summed E-state index contributed by atoms with van der Waals surface area (Å²) in [6.07, 6.45) is 7.19. The minimum atomic E-state index is 0.0764. The first-order chi connectivity index (χ1) is 13.6. The van der Waals surface area contributed by atoms with Crippen molar-refractivity contribution in [2.24, 2.45) is 23.2 Å². The Kier molecular flexibility index (Phi) is 3.78. The van der Waals surface area contributed by atoms with Crippen molar-refractivity contribution in [1.29, 1.82) is 0 Å². The Morgan fingerprint density at radius 2 is 2.04 bits per heavy atom. The number of hydrogen-bond donors (Lipinski definition) is 1. The van der Waals surface area contributed by atoms with Crippen LogP contribution in [0.5, 0.6) is 0 Å². The summed E-state index contributed by atoms with van der Waals surface area (Å²) < 4.78 is 12.0. The topological polar surface area (TPSA) is 43.3 Å². The molecule has 3 aliphatic heterocycles. The monoisotopic (exact) mass is 382 g/mol. The van der Waals surface area contributed by atoms with E-state index in [1.54, 1.807) is 4.90 Å². The molecule has 0 bridgehead atoms. The van der Waals surface area contributed by atoms with Crippen LogP contribution in [0.4, 0.5) is 0 Å². The van der Waals surface area contributed by atoms with Crippen molar-refractivity contribution in [2.45, 2.75) is 63.7 Å². The summed E-state index contributed by atoms with van der Waals surface area (Å²) in [7, 11) is 0. The molecular formula is C24H32NO3+. The zero-order valence-electron chi connectivity index (χ0n) is 16.9. The number of hydrogen-bond acceptors (Lipinski definition) is 3. The lowest BCUT2D eigenvalue weighted by molar-refractivity contribution is -0.918. The summed E-state index contributed by atoms with van der Waals surface area (Å²) in [5.41, 5.74) is 3.38. The number of rotatable bonds is 2. The number of esters is 1. The summed E-state index contributed by atoms with van der Waals surface area (Å²) >= 11 is 0. The smallest absolute Gasteiger partial charge is 0.315 e. The minimum Gasteiger partial charge on any atom is -0.462 e. The Morgan fingerprint density at radius 3 is 2.86 bits per heavy atom. The second-order valence-electron chi connectivity index (χ2n) is 10.5. The first kappa shape index (κ1) is 17.5. The Balaban J connectivity index is 1.21. The Morgan fingerprint density at radius 1 is 1.21 bits per heavy atom. The number of carbonyl (C=O) groups excluding carboxylic acids is 1. The lowest BCUT2D eigenvalue weighted by Crippen LogP contribution is -3.12. The maximum Gasteiger partial charge on any atom is 0.315 e. The lowest BCUT2D eigenvalue weighted by Gasteiger charge is -2.51. The fourth-order valence-electron chi connectivity index (χ4n) is 7.32. The molecule has 2 saturated carbocycles. The molecule has 0 radical (unpaired) electrons. The summed E-state index contributed by atoms with van der Waals surface area (Å²) in [5, 5.41) is 0. The summed E-state index contributed by atoms with van der Waals surface area (Å²) in [6.45, 7) is 6.49. The quantitative estimate of drug-likeness (QED) is 0.630. The van der Waals surface area contributed by atoms with Gasteiger partial charge in [0.2, 0.25) is 0 Å². The van der Waals surface area contributed by atoms with E-state index in [2.05, 4.69) is 31.2 Å². The molecular weight excluding hydrogens is 350 g/mol. The molecule has 28 heavy (non-hydrogen) atoms. The van der Waals surface area contributed by atoms with Gasteiger partial charge in [-0.1, -0.05) is 31.2 Å². The van der Waals surface area contributed by atoms with Gasteiger partial charge in [-0.15, -0.1) is 0 Å². The van der Waals surface area contributed by atoms with Gasteiger partial charge in [0.05, 0.1) is 25.3 Å². The van der Waals surface area contributed by atoms with E-state index in [1.807, 2.05) is 0 Å². The Labute approximate surface area is 167 Å². The van der Waals surface area contributed by atoms with Gasteiger partial charge in [-0.05, 0) is 49.0 Å². The van der Waals surface area contributed by atoms with E-state index in [-0.39, 0.29) is 23.6 Å². The third kappa shape index (κ3) is 2.60. The van der Waals surface area contributed by atoms with Gasteiger partial charge in [0.15, 0.2) is 0 Å². The summed E-state index contributed by atoms with van der Waals surface area (Å²) in [6, 6.07) is 8.79. The molecule has 4 nitrogen and oxygen atoms in total. The summed E-state index contributed by atoms with van der Waals surface area (Å²) in [4.78, 5) is 14.4. The van der Waals surface area contributed by atoms with Crippen molar-refractivity contribution in [3.63, 3.8) is 0 Å². The van der Waals surface area contributed by atoms with E-state index < -0.39 is 0 Å². The third-order valence-electron chi connectivity index (χ3n) is 8.89. The Bertz CT molecular complexity index is 803. The lowest BCUT2D eigenvalue weighted by atomic mass is 9.53. The first-order valence-electron chi connectivity index (χ1n) is 11.3. The second kappa shape index (κ2) is 6.06. The molecule has 2 aliphatic carbocycles. The first-order valence-corrected chi connectivity index (χ1v) is 11.3. The van der Waals surface area contributed by atoms with E-state index in [1.165, 1.54) is 30.4 Å². The fraction of sp³-hybridized carbons (Fsp3) is 0.708. The number of nitrogens with one attached hydrogen (secondary N) is 1. The average Bonchev–Trinajstić information content (AvgIpc) is 3.39. The van der Waals surface area contributed by atoms with Gasteiger partial charge < -0.3 is 14.4 Å². The predicted molar refractivity (Wildman–Crippen MR) is 105 cm³/mol. The molecule has 2 saturated heterocycles. The molecule has 4 heteroatoms. The molecule has 7 atom stereocenters. The fourth-order valence-corrected chi connectivity index (χ4v) is 7.32. The number of ether oxygens (including phenoxy) is 2. The van der Waals surface area contributed by atoms with Crippen molar-refractivity contribution in [3.05, 3.63) is 35.4 Å². The van der Waals surface area contributed by atoms with Crippen molar-refractivity contribution in [2.75, 3.05) is 19.7 Å². The second-order valence-corrected chi connectivity index (χ2v) is 10.5. The highest BCUT2D eigenvalue weighted by Crippen LogP contribution is 2.62. The number of fused-ring (bicyclic) bond motifs is 4. The van der Waals surface area contributed by atoms with Crippen LogP contribution in [0.1, 0.15) is 50.2 Å². The highest BCUT2D eigenvalue weighted by molar-refractivity contribution is 5.75. The van der Waals surface area contributed by atoms with E-state index >= 15 is 0 Å². The minimum absolute atomic E-state index is 0.0764. The van der Waals surface area contributed by atoms with Gasteiger partial charge in [0.1, 0.15) is 18.6 Å². The van der Waals surface area contributed by atoms with Crippen LogP contribution in [-0.2, 0) is 27.2 Å². The molecule has 1 aromatic carbocycles. The van der Waals surface area contributed by atoms with Crippen LogP contribution in [0.3, 0.4) is 0 Å². The largest absolute Gasteiger partial charge is 0.462 e. The van der Waals surface area contributed by atoms with Crippen molar-refractivity contribution in [1.82, 2.24) is 0 Å². The van der Waals surface area contributed by atoms with E-state index in [0.29, 0.717) is 17.3 Å². The molecule has 150 valence electrons. The van der Waals surface area contributed by atoms with Crippen LogP contribution in [0.15, 0.2) is 24.3 Å². The van der Waals surface area contributed by atoms with Gasteiger partial charge in [-0.2, -0.15) is 0 Å². The van der Waals surface area contributed by atoms with Crippen molar-refractivity contribution >= 4 is 5.97 Å². The van der Waals surface area contributed by atoms with Crippen LogP contribution >= 0.6 is 0 Å². The molecule has 0 amide bonds. The van der Waals surface area contributed by atoms with Gasteiger partial charge in [-0.25, -0.2) is 0 Å². The maximum absolute atomic E-state index is 12.9. The molecule has 5 aliphatic rings. The predicted octanol–water partition coefficient (Wildman–Crippen LogP) is 2.15. The van der Waals surface area contributed by atoms with Gasteiger partial charge >= 0.3 is 5.97 Å².